The maximum Gasteiger partial charge on any atom is 0.126 e. The van der Waals surface area contributed by atoms with Gasteiger partial charge in [0.15, 0.2) is 0 Å². The van der Waals surface area contributed by atoms with Crippen LogP contribution in [-0.4, -0.2) is 5.88 Å². The highest BCUT2D eigenvalue weighted by atomic mass is 35.5. The zero-order chi connectivity index (χ0) is 9.84. The van der Waals surface area contributed by atoms with Crippen LogP contribution in [0.2, 0.25) is 0 Å². The van der Waals surface area contributed by atoms with Crippen LogP contribution >= 0.6 is 11.6 Å². The van der Waals surface area contributed by atoms with Crippen molar-refractivity contribution in [2.75, 3.05) is 5.88 Å². The van der Waals surface area contributed by atoms with Gasteiger partial charge in [-0.25, -0.2) is 8.78 Å². The van der Waals surface area contributed by atoms with Gasteiger partial charge in [-0.3, -0.25) is 0 Å². The molecule has 0 nitrogen and oxygen atoms in total. The molecule has 0 fully saturated rings. The monoisotopic (exact) mass is 204 g/mol. The minimum Gasteiger partial charge on any atom is -0.207 e. The first kappa shape index (κ1) is 10.5. The van der Waals surface area contributed by atoms with E-state index in [1.165, 1.54) is 12.1 Å². The van der Waals surface area contributed by atoms with E-state index < -0.39 is 0 Å². The maximum atomic E-state index is 13.1. The van der Waals surface area contributed by atoms with E-state index in [4.69, 9.17) is 11.6 Å². The lowest BCUT2D eigenvalue weighted by molar-refractivity contribution is 0.577. The lowest BCUT2D eigenvalue weighted by atomic mass is 10.1. The maximum absolute atomic E-state index is 13.1. The molecule has 0 aliphatic carbocycles. The van der Waals surface area contributed by atoms with Crippen molar-refractivity contribution in [1.82, 2.24) is 0 Å². The third-order valence-corrected chi connectivity index (χ3v) is 2.17. The van der Waals surface area contributed by atoms with E-state index in [1.807, 2.05) is 0 Å². The zero-order valence-electron chi connectivity index (χ0n) is 7.41. The molecule has 0 unspecified atom stereocenters. The first-order valence-corrected chi connectivity index (χ1v) is 4.69. The molecular formula is C10H11ClF2. The van der Waals surface area contributed by atoms with Gasteiger partial charge in [0.05, 0.1) is 0 Å². The molecule has 0 spiro atoms. The SMILES string of the molecule is Cc1cc(F)c(CCCCl)cc1F. The molecule has 0 aliphatic rings. The number of hydrogen-bond acceptors (Lipinski definition) is 0. The predicted octanol–water partition coefficient (Wildman–Crippen LogP) is 3.44. The van der Waals surface area contributed by atoms with E-state index >= 15 is 0 Å². The summed E-state index contributed by atoms with van der Waals surface area (Å²) in [6.07, 6.45) is 1.16. The normalized spacial score (nSPS) is 10.5. The van der Waals surface area contributed by atoms with Crippen molar-refractivity contribution < 1.29 is 8.78 Å². The van der Waals surface area contributed by atoms with Gasteiger partial charge in [-0.15, -0.1) is 11.6 Å². The smallest absolute Gasteiger partial charge is 0.126 e. The van der Waals surface area contributed by atoms with Crippen molar-refractivity contribution in [3.05, 3.63) is 34.9 Å². The highest BCUT2D eigenvalue weighted by molar-refractivity contribution is 6.17. The van der Waals surface area contributed by atoms with Crippen LogP contribution in [0.15, 0.2) is 12.1 Å². The van der Waals surface area contributed by atoms with E-state index in [0.717, 1.165) is 0 Å². The summed E-state index contributed by atoms with van der Waals surface area (Å²) in [5, 5.41) is 0. The second kappa shape index (κ2) is 4.56. The van der Waals surface area contributed by atoms with Crippen molar-refractivity contribution in [2.45, 2.75) is 19.8 Å². The first-order valence-electron chi connectivity index (χ1n) is 4.15. The van der Waals surface area contributed by atoms with Gasteiger partial charge in [0.2, 0.25) is 0 Å². The molecule has 1 aromatic rings. The number of halogens is 3. The van der Waals surface area contributed by atoms with Crippen molar-refractivity contribution in [1.29, 1.82) is 0 Å². The number of rotatable bonds is 3. The van der Waals surface area contributed by atoms with Crippen LogP contribution in [0.1, 0.15) is 17.5 Å². The van der Waals surface area contributed by atoms with Crippen molar-refractivity contribution in [3.8, 4) is 0 Å². The molecule has 1 rings (SSSR count). The Bertz CT molecular complexity index is 297. The summed E-state index contributed by atoms with van der Waals surface area (Å²) in [4.78, 5) is 0. The Morgan fingerprint density at radius 2 is 1.92 bits per heavy atom. The summed E-state index contributed by atoms with van der Waals surface area (Å²) in [6.45, 7) is 1.55. The summed E-state index contributed by atoms with van der Waals surface area (Å²) >= 11 is 5.46. The standard InChI is InChI=1S/C10H11ClF2/c1-7-5-10(13)8(3-2-4-11)6-9(7)12/h5-6H,2-4H2,1H3. The van der Waals surface area contributed by atoms with Gasteiger partial charge in [-0.2, -0.15) is 0 Å². The number of aryl methyl sites for hydroxylation is 2. The molecule has 72 valence electrons. The second-order valence-corrected chi connectivity index (χ2v) is 3.36. The molecule has 0 saturated carbocycles. The molecule has 3 heteroatoms. The number of alkyl halides is 1. The van der Waals surface area contributed by atoms with Crippen molar-refractivity contribution >= 4 is 11.6 Å². The molecule has 0 radical (unpaired) electrons. The van der Waals surface area contributed by atoms with Crippen LogP contribution in [0.25, 0.3) is 0 Å². The number of hydrogen-bond donors (Lipinski definition) is 0. The summed E-state index contributed by atoms with van der Waals surface area (Å²) in [5.74, 6) is -0.232. The fraction of sp³-hybridized carbons (Fsp3) is 0.400. The fourth-order valence-corrected chi connectivity index (χ4v) is 1.27. The lowest BCUT2D eigenvalue weighted by Gasteiger charge is -2.03. The Morgan fingerprint density at radius 1 is 1.23 bits per heavy atom. The van der Waals surface area contributed by atoms with Gasteiger partial charge in [-0.1, -0.05) is 0 Å². The van der Waals surface area contributed by atoms with E-state index in [0.29, 0.717) is 29.8 Å². The topological polar surface area (TPSA) is 0 Å². The molecule has 0 aromatic heterocycles. The molecule has 1 aromatic carbocycles. The lowest BCUT2D eigenvalue weighted by Crippen LogP contribution is -1.95. The van der Waals surface area contributed by atoms with Gasteiger partial charge in [-0.05, 0) is 43.0 Å². The van der Waals surface area contributed by atoms with Crippen LogP contribution in [-0.2, 0) is 6.42 Å². The predicted molar refractivity (Wildman–Crippen MR) is 50.1 cm³/mol. The van der Waals surface area contributed by atoms with Crippen LogP contribution < -0.4 is 0 Å². The average Bonchev–Trinajstić information content (AvgIpc) is 2.09. The molecule has 0 heterocycles. The minimum atomic E-state index is -0.356. The zero-order valence-corrected chi connectivity index (χ0v) is 8.17. The number of benzene rings is 1. The van der Waals surface area contributed by atoms with E-state index in [2.05, 4.69) is 0 Å². The van der Waals surface area contributed by atoms with Gasteiger partial charge < -0.3 is 0 Å². The first-order chi connectivity index (χ1) is 6.15. The van der Waals surface area contributed by atoms with Gasteiger partial charge >= 0.3 is 0 Å². The molecule has 13 heavy (non-hydrogen) atoms. The van der Waals surface area contributed by atoms with E-state index in [1.54, 1.807) is 6.92 Å². The molecule has 0 saturated heterocycles. The van der Waals surface area contributed by atoms with E-state index in [-0.39, 0.29) is 11.6 Å². The van der Waals surface area contributed by atoms with Gasteiger partial charge in [0.25, 0.3) is 0 Å². The molecule has 0 bridgehead atoms. The Labute approximate surface area is 81.5 Å². The highest BCUT2D eigenvalue weighted by Gasteiger charge is 2.06. The highest BCUT2D eigenvalue weighted by Crippen LogP contribution is 2.15. The van der Waals surface area contributed by atoms with Gasteiger partial charge in [0, 0.05) is 5.88 Å². The van der Waals surface area contributed by atoms with E-state index in [9.17, 15) is 8.78 Å². The molecule has 0 aliphatic heterocycles. The summed E-state index contributed by atoms with van der Waals surface area (Å²) in [6, 6.07) is 2.47. The summed E-state index contributed by atoms with van der Waals surface area (Å²) < 4.78 is 26.1. The average molecular weight is 205 g/mol. The van der Waals surface area contributed by atoms with Crippen molar-refractivity contribution in [2.24, 2.45) is 0 Å². The second-order valence-electron chi connectivity index (χ2n) is 2.99. The molecule has 0 amide bonds. The molecule has 0 N–H and O–H groups in total. The third kappa shape index (κ3) is 2.66. The fourth-order valence-electron chi connectivity index (χ4n) is 1.14. The molecule has 0 atom stereocenters. The van der Waals surface area contributed by atoms with Crippen LogP contribution in [0, 0.1) is 18.6 Å². The summed E-state index contributed by atoms with van der Waals surface area (Å²) in [7, 11) is 0. The Morgan fingerprint density at radius 3 is 2.54 bits per heavy atom. The largest absolute Gasteiger partial charge is 0.207 e. The Kier molecular flexibility index (Phi) is 3.67. The van der Waals surface area contributed by atoms with Crippen LogP contribution in [0.4, 0.5) is 8.78 Å². The Hall–Kier alpha value is -0.630. The summed E-state index contributed by atoms with van der Waals surface area (Å²) in [5.41, 5.74) is 0.746. The van der Waals surface area contributed by atoms with Crippen LogP contribution in [0.5, 0.6) is 0 Å². The quantitative estimate of drug-likeness (QED) is 0.662. The van der Waals surface area contributed by atoms with Crippen LogP contribution in [0.3, 0.4) is 0 Å². The van der Waals surface area contributed by atoms with Crippen molar-refractivity contribution in [3.63, 3.8) is 0 Å². The minimum absolute atomic E-state index is 0.340. The Balaban J connectivity index is 2.88. The van der Waals surface area contributed by atoms with Gasteiger partial charge in [0.1, 0.15) is 11.6 Å². The molecular weight excluding hydrogens is 194 g/mol. The third-order valence-electron chi connectivity index (χ3n) is 1.91.